The van der Waals surface area contributed by atoms with Crippen molar-refractivity contribution >= 4 is 35.4 Å². The number of nitrogens with zero attached hydrogens (tertiary/aromatic N) is 3. The first kappa shape index (κ1) is 24.1. The first-order chi connectivity index (χ1) is 18.0. The molecule has 0 spiro atoms. The molecule has 5 aliphatic heterocycles. The SMILES string of the molecule is O=C1CCC(N2Cc3c(SCc4ccc(C(=O)NC5CN6CCC5CC6)cn4)cccc3C2=O)C(=O)N1. The van der Waals surface area contributed by atoms with Gasteiger partial charge in [-0.25, -0.2) is 0 Å². The molecule has 0 saturated carbocycles. The molecule has 4 saturated heterocycles. The number of hydrogen-bond donors (Lipinski definition) is 2. The highest BCUT2D eigenvalue weighted by atomic mass is 32.2. The lowest BCUT2D eigenvalue weighted by Crippen LogP contribution is -2.57. The molecule has 7 rings (SSSR count). The lowest BCUT2D eigenvalue weighted by molar-refractivity contribution is -0.136. The second-order valence-electron chi connectivity index (χ2n) is 10.2. The van der Waals surface area contributed by atoms with Crippen LogP contribution in [-0.4, -0.2) is 70.1 Å². The minimum atomic E-state index is -0.628. The number of aromatic nitrogens is 1. The zero-order valence-electron chi connectivity index (χ0n) is 20.4. The highest BCUT2D eigenvalue weighted by molar-refractivity contribution is 7.98. The minimum absolute atomic E-state index is 0.0709. The van der Waals surface area contributed by atoms with E-state index < -0.39 is 11.9 Å². The molecule has 4 fully saturated rings. The van der Waals surface area contributed by atoms with E-state index >= 15 is 0 Å². The molecule has 9 nitrogen and oxygen atoms in total. The van der Waals surface area contributed by atoms with Gasteiger partial charge in [0.25, 0.3) is 11.8 Å². The molecule has 1 aromatic heterocycles. The first-order valence-electron chi connectivity index (χ1n) is 12.8. The molecule has 4 amide bonds. The van der Waals surface area contributed by atoms with E-state index in [1.807, 2.05) is 24.3 Å². The lowest BCUT2D eigenvalue weighted by atomic mass is 9.84. The molecule has 10 heteroatoms. The van der Waals surface area contributed by atoms with Crippen molar-refractivity contribution < 1.29 is 19.2 Å². The number of benzene rings is 1. The van der Waals surface area contributed by atoms with Crippen molar-refractivity contribution in [3.8, 4) is 0 Å². The molecule has 2 aromatic rings. The Morgan fingerprint density at radius 1 is 1.11 bits per heavy atom. The van der Waals surface area contributed by atoms with E-state index in [1.54, 1.807) is 28.9 Å². The topological polar surface area (TPSA) is 112 Å². The third-order valence-electron chi connectivity index (χ3n) is 7.97. The number of amides is 4. The average molecular weight is 520 g/mol. The van der Waals surface area contributed by atoms with Gasteiger partial charge in [0, 0.05) is 48.0 Å². The van der Waals surface area contributed by atoms with Crippen LogP contribution in [0.4, 0.5) is 0 Å². The number of rotatable bonds is 6. The Morgan fingerprint density at radius 3 is 2.65 bits per heavy atom. The largest absolute Gasteiger partial charge is 0.348 e. The van der Waals surface area contributed by atoms with Crippen LogP contribution in [0.2, 0.25) is 0 Å². The predicted octanol–water partition coefficient (Wildman–Crippen LogP) is 1.96. The summed E-state index contributed by atoms with van der Waals surface area (Å²) in [6, 6.07) is 8.90. The molecular weight excluding hydrogens is 490 g/mol. The molecule has 0 aliphatic carbocycles. The zero-order valence-corrected chi connectivity index (χ0v) is 21.3. The fourth-order valence-electron chi connectivity index (χ4n) is 5.87. The molecule has 6 heterocycles. The van der Waals surface area contributed by atoms with E-state index in [-0.39, 0.29) is 30.2 Å². The minimum Gasteiger partial charge on any atom is -0.348 e. The summed E-state index contributed by atoms with van der Waals surface area (Å²) in [6.45, 7) is 3.55. The normalized spacial score (nSPS) is 26.7. The van der Waals surface area contributed by atoms with Gasteiger partial charge in [0.05, 0.1) is 11.3 Å². The van der Waals surface area contributed by atoms with Gasteiger partial charge in [-0.1, -0.05) is 6.07 Å². The number of hydrogen-bond acceptors (Lipinski definition) is 7. The summed E-state index contributed by atoms with van der Waals surface area (Å²) in [6.07, 6.45) is 4.52. The van der Waals surface area contributed by atoms with E-state index in [9.17, 15) is 19.2 Å². The van der Waals surface area contributed by atoms with Crippen molar-refractivity contribution in [2.75, 3.05) is 19.6 Å². The number of pyridine rings is 1. The number of thioether (sulfide) groups is 1. The second kappa shape index (κ2) is 9.90. The average Bonchev–Trinajstić information content (AvgIpc) is 3.25. The molecule has 0 radical (unpaired) electrons. The van der Waals surface area contributed by atoms with Crippen LogP contribution in [0.3, 0.4) is 0 Å². The Morgan fingerprint density at radius 2 is 1.95 bits per heavy atom. The highest BCUT2D eigenvalue weighted by Gasteiger charge is 2.40. The van der Waals surface area contributed by atoms with E-state index in [0.717, 1.165) is 48.6 Å². The van der Waals surface area contributed by atoms with Crippen LogP contribution in [0, 0.1) is 5.92 Å². The van der Waals surface area contributed by atoms with Gasteiger partial charge in [0.15, 0.2) is 0 Å². The van der Waals surface area contributed by atoms with E-state index in [2.05, 4.69) is 20.5 Å². The number of imide groups is 1. The lowest BCUT2D eigenvalue weighted by Gasteiger charge is -2.44. The van der Waals surface area contributed by atoms with Gasteiger partial charge in [-0.2, -0.15) is 0 Å². The Bertz CT molecular complexity index is 1260. The number of piperidine rings is 4. The maximum absolute atomic E-state index is 13.0. The van der Waals surface area contributed by atoms with E-state index in [1.165, 1.54) is 0 Å². The molecule has 2 atom stereocenters. The number of fused-ring (bicyclic) bond motifs is 4. The van der Waals surface area contributed by atoms with Gasteiger partial charge in [0.1, 0.15) is 6.04 Å². The van der Waals surface area contributed by atoms with Crippen LogP contribution in [-0.2, 0) is 21.9 Å². The Kier molecular flexibility index (Phi) is 6.46. The summed E-state index contributed by atoms with van der Waals surface area (Å²) in [4.78, 5) is 59.1. The molecule has 2 N–H and O–H groups in total. The predicted molar refractivity (Wildman–Crippen MR) is 137 cm³/mol. The van der Waals surface area contributed by atoms with Gasteiger partial charge in [0.2, 0.25) is 11.8 Å². The maximum Gasteiger partial charge on any atom is 0.255 e. The summed E-state index contributed by atoms with van der Waals surface area (Å²) < 4.78 is 0. The van der Waals surface area contributed by atoms with Crippen LogP contribution in [0.1, 0.15) is 57.7 Å². The van der Waals surface area contributed by atoms with Gasteiger partial charge < -0.3 is 15.1 Å². The van der Waals surface area contributed by atoms with Crippen molar-refractivity contribution in [2.45, 2.75) is 55.0 Å². The fourth-order valence-corrected chi connectivity index (χ4v) is 6.87. The first-order valence-corrected chi connectivity index (χ1v) is 13.8. The monoisotopic (exact) mass is 519 g/mol. The quantitative estimate of drug-likeness (QED) is 0.443. The molecular formula is C27H29N5O4S. The Hall–Kier alpha value is -3.24. The van der Waals surface area contributed by atoms with Crippen LogP contribution >= 0.6 is 11.8 Å². The van der Waals surface area contributed by atoms with Crippen LogP contribution in [0.25, 0.3) is 0 Å². The van der Waals surface area contributed by atoms with E-state index in [4.69, 9.17) is 0 Å². The van der Waals surface area contributed by atoms with Gasteiger partial charge in [-0.05, 0) is 68.1 Å². The van der Waals surface area contributed by atoms with Crippen molar-refractivity contribution in [3.05, 3.63) is 58.9 Å². The highest BCUT2D eigenvalue weighted by Crippen LogP contribution is 2.35. The summed E-state index contributed by atoms with van der Waals surface area (Å²) in [5.41, 5.74) is 2.91. The summed E-state index contributed by atoms with van der Waals surface area (Å²) in [5.74, 6) is 0.208. The van der Waals surface area contributed by atoms with Crippen LogP contribution in [0.5, 0.6) is 0 Å². The molecule has 192 valence electrons. The third kappa shape index (κ3) is 4.75. The Labute approximate surface area is 219 Å². The number of carbonyl (C=O) groups is 4. The van der Waals surface area contributed by atoms with E-state index in [0.29, 0.717) is 35.8 Å². The van der Waals surface area contributed by atoms with Crippen molar-refractivity contribution in [3.63, 3.8) is 0 Å². The zero-order chi connectivity index (χ0) is 25.5. The Balaban J connectivity index is 1.08. The van der Waals surface area contributed by atoms with Gasteiger partial charge in [-0.3, -0.25) is 29.5 Å². The standard InChI is InChI=1S/C27H29N5O4S/c33-24-7-6-22(26(35)30-24)32-13-20-19(27(32)36)2-1-3-23(20)37-15-18-5-4-17(12-28-18)25(34)29-21-14-31-10-8-16(21)9-11-31/h1-5,12,16,21-22H,6-11,13-15H2,(H,29,34)(H,30,33,35). The fraction of sp³-hybridized carbons (Fsp3) is 0.444. The van der Waals surface area contributed by atoms with Crippen molar-refractivity contribution in [1.82, 2.24) is 25.4 Å². The molecule has 2 bridgehead atoms. The third-order valence-corrected chi connectivity index (χ3v) is 9.11. The summed E-state index contributed by atoms with van der Waals surface area (Å²) in [5, 5.41) is 5.54. The maximum atomic E-state index is 13.0. The van der Waals surface area contributed by atoms with Crippen molar-refractivity contribution in [2.24, 2.45) is 5.92 Å². The molecule has 1 aromatic carbocycles. The molecule has 2 unspecified atom stereocenters. The molecule has 5 aliphatic rings. The summed E-state index contributed by atoms with van der Waals surface area (Å²) >= 11 is 1.58. The second-order valence-corrected chi connectivity index (χ2v) is 11.2. The van der Waals surface area contributed by atoms with Crippen molar-refractivity contribution in [1.29, 1.82) is 0 Å². The number of carbonyl (C=O) groups excluding carboxylic acids is 4. The molecule has 37 heavy (non-hydrogen) atoms. The van der Waals surface area contributed by atoms with Gasteiger partial charge >= 0.3 is 0 Å². The van der Waals surface area contributed by atoms with Crippen LogP contribution in [0.15, 0.2) is 41.4 Å². The smallest absolute Gasteiger partial charge is 0.255 e. The van der Waals surface area contributed by atoms with Gasteiger partial charge in [-0.15, -0.1) is 11.8 Å². The number of nitrogens with one attached hydrogen (secondary N) is 2. The van der Waals surface area contributed by atoms with Crippen LogP contribution < -0.4 is 10.6 Å². The summed E-state index contributed by atoms with van der Waals surface area (Å²) in [7, 11) is 0.